The first-order valence-electron chi connectivity index (χ1n) is 8.11. The number of fused-ring (bicyclic) bond motifs is 1. The number of benzene rings is 2. The summed E-state index contributed by atoms with van der Waals surface area (Å²) in [6.45, 7) is -0.553. The maximum absolute atomic E-state index is 13.0. The molecule has 0 atom stereocenters. The van der Waals surface area contributed by atoms with Crippen molar-refractivity contribution < 1.29 is 19.4 Å². The zero-order valence-corrected chi connectivity index (χ0v) is 14.8. The molecular formula is C19H18N2O6. The number of hydrogen-bond acceptors (Lipinski definition) is 5. The summed E-state index contributed by atoms with van der Waals surface area (Å²) >= 11 is 0. The number of aromatic nitrogens is 2. The predicted octanol–water partition coefficient (Wildman–Crippen LogP) is 1.31. The topological polar surface area (TPSA) is 99.8 Å². The lowest BCUT2D eigenvalue weighted by atomic mass is 10.2. The number of methoxy groups -OCH3 is 2. The highest BCUT2D eigenvalue weighted by atomic mass is 16.5. The molecule has 27 heavy (non-hydrogen) atoms. The number of rotatable bonds is 6. The van der Waals surface area contributed by atoms with E-state index < -0.39 is 23.8 Å². The van der Waals surface area contributed by atoms with Gasteiger partial charge in [-0.2, -0.15) is 0 Å². The Kier molecular flexibility index (Phi) is 4.98. The van der Waals surface area contributed by atoms with Crippen LogP contribution in [0.2, 0.25) is 0 Å². The van der Waals surface area contributed by atoms with Crippen LogP contribution >= 0.6 is 0 Å². The molecule has 0 unspecified atom stereocenters. The van der Waals surface area contributed by atoms with Gasteiger partial charge in [-0.3, -0.25) is 18.7 Å². The summed E-state index contributed by atoms with van der Waals surface area (Å²) < 4.78 is 12.5. The molecule has 0 aliphatic carbocycles. The molecular weight excluding hydrogens is 352 g/mol. The molecule has 0 amide bonds. The van der Waals surface area contributed by atoms with Crippen LogP contribution in [0, 0.1) is 0 Å². The van der Waals surface area contributed by atoms with E-state index in [1.54, 1.807) is 24.3 Å². The summed E-state index contributed by atoms with van der Waals surface area (Å²) in [5, 5.41) is 9.40. The summed E-state index contributed by atoms with van der Waals surface area (Å²) in [5.74, 6) is -0.587. The second-order valence-corrected chi connectivity index (χ2v) is 5.86. The summed E-state index contributed by atoms with van der Waals surface area (Å²) in [6.07, 6.45) is 0. The average molecular weight is 370 g/mol. The molecule has 0 radical (unpaired) electrons. The minimum atomic E-state index is -1.20. The van der Waals surface area contributed by atoms with Crippen LogP contribution in [-0.4, -0.2) is 34.4 Å². The van der Waals surface area contributed by atoms with Gasteiger partial charge in [-0.25, -0.2) is 4.79 Å². The molecule has 0 saturated carbocycles. The van der Waals surface area contributed by atoms with Crippen LogP contribution < -0.4 is 20.7 Å². The predicted molar refractivity (Wildman–Crippen MR) is 98.8 cm³/mol. The van der Waals surface area contributed by atoms with E-state index in [4.69, 9.17) is 9.47 Å². The number of aliphatic carboxylic acids is 1. The standard InChI is InChI=1S/C19H18N2O6/c1-26-15-8-13-14(9-16(15)27-2)20(11-17(22)23)19(25)21(18(13)24)10-12-6-4-3-5-7-12/h3-9H,10-11H2,1-2H3,(H,22,23). The van der Waals surface area contributed by atoms with Crippen molar-refractivity contribution in [1.82, 2.24) is 9.13 Å². The zero-order chi connectivity index (χ0) is 19.6. The lowest BCUT2D eigenvalue weighted by Crippen LogP contribution is -2.41. The number of carboxylic acid groups (broad SMARTS) is 1. The maximum Gasteiger partial charge on any atom is 0.332 e. The first kappa shape index (κ1) is 18.2. The van der Waals surface area contributed by atoms with Gasteiger partial charge in [0, 0.05) is 6.07 Å². The highest BCUT2D eigenvalue weighted by Gasteiger charge is 2.18. The molecule has 1 heterocycles. The van der Waals surface area contributed by atoms with Crippen LogP contribution in [-0.2, 0) is 17.9 Å². The number of hydrogen-bond donors (Lipinski definition) is 1. The van der Waals surface area contributed by atoms with Crippen LogP contribution in [0.15, 0.2) is 52.1 Å². The van der Waals surface area contributed by atoms with E-state index in [1.807, 2.05) is 6.07 Å². The number of ether oxygens (including phenoxy) is 2. The minimum Gasteiger partial charge on any atom is -0.493 e. The van der Waals surface area contributed by atoms with Crippen molar-refractivity contribution in [1.29, 1.82) is 0 Å². The van der Waals surface area contributed by atoms with Crippen molar-refractivity contribution in [3.63, 3.8) is 0 Å². The fourth-order valence-corrected chi connectivity index (χ4v) is 2.94. The van der Waals surface area contributed by atoms with Gasteiger partial charge in [0.1, 0.15) is 6.54 Å². The Balaban J connectivity index is 2.35. The zero-order valence-electron chi connectivity index (χ0n) is 14.8. The van der Waals surface area contributed by atoms with Gasteiger partial charge >= 0.3 is 11.7 Å². The first-order valence-corrected chi connectivity index (χ1v) is 8.11. The van der Waals surface area contributed by atoms with Crippen molar-refractivity contribution in [3.8, 4) is 11.5 Å². The van der Waals surface area contributed by atoms with Gasteiger partial charge in [0.2, 0.25) is 0 Å². The molecule has 0 aliphatic rings. The Bertz CT molecular complexity index is 1110. The molecule has 2 aromatic carbocycles. The van der Waals surface area contributed by atoms with Crippen molar-refractivity contribution in [2.75, 3.05) is 14.2 Å². The molecule has 0 saturated heterocycles. The Morgan fingerprint density at radius 1 is 1.00 bits per heavy atom. The summed E-state index contributed by atoms with van der Waals surface area (Å²) in [6, 6.07) is 11.9. The van der Waals surface area contributed by atoms with E-state index in [0.717, 1.165) is 14.7 Å². The molecule has 0 aliphatic heterocycles. The van der Waals surface area contributed by atoms with Gasteiger partial charge in [-0.1, -0.05) is 30.3 Å². The van der Waals surface area contributed by atoms with Crippen LogP contribution in [0.1, 0.15) is 5.56 Å². The molecule has 0 spiro atoms. The third-order valence-corrected chi connectivity index (χ3v) is 4.21. The number of carbonyl (C=O) groups is 1. The van der Waals surface area contributed by atoms with E-state index in [2.05, 4.69) is 0 Å². The van der Waals surface area contributed by atoms with E-state index in [0.29, 0.717) is 11.5 Å². The minimum absolute atomic E-state index is 0.0302. The van der Waals surface area contributed by atoms with Gasteiger partial charge in [-0.05, 0) is 11.6 Å². The third kappa shape index (κ3) is 3.41. The highest BCUT2D eigenvalue weighted by molar-refractivity contribution is 5.83. The molecule has 3 aromatic rings. The number of nitrogens with zero attached hydrogens (tertiary/aromatic N) is 2. The Morgan fingerprint density at radius 2 is 1.63 bits per heavy atom. The second-order valence-electron chi connectivity index (χ2n) is 5.86. The number of carboxylic acids is 1. The molecule has 8 nitrogen and oxygen atoms in total. The third-order valence-electron chi connectivity index (χ3n) is 4.21. The van der Waals surface area contributed by atoms with E-state index in [-0.39, 0.29) is 17.4 Å². The Morgan fingerprint density at radius 3 is 2.22 bits per heavy atom. The fourth-order valence-electron chi connectivity index (χ4n) is 2.94. The lowest BCUT2D eigenvalue weighted by molar-refractivity contribution is -0.137. The van der Waals surface area contributed by atoms with E-state index in [9.17, 15) is 19.5 Å². The quantitative estimate of drug-likeness (QED) is 0.702. The van der Waals surface area contributed by atoms with Gasteiger partial charge in [0.05, 0.1) is 31.7 Å². The van der Waals surface area contributed by atoms with Crippen molar-refractivity contribution in [3.05, 3.63) is 68.9 Å². The largest absolute Gasteiger partial charge is 0.493 e. The van der Waals surface area contributed by atoms with Crippen LogP contribution in [0.5, 0.6) is 11.5 Å². The maximum atomic E-state index is 13.0. The highest BCUT2D eigenvalue weighted by Crippen LogP contribution is 2.30. The van der Waals surface area contributed by atoms with Gasteiger partial charge < -0.3 is 14.6 Å². The Labute approximate surface area is 153 Å². The molecule has 3 rings (SSSR count). The average Bonchev–Trinajstić information content (AvgIpc) is 2.68. The molecule has 0 fully saturated rings. The lowest BCUT2D eigenvalue weighted by Gasteiger charge is -2.15. The van der Waals surface area contributed by atoms with Crippen LogP contribution in [0.3, 0.4) is 0 Å². The fraction of sp³-hybridized carbons (Fsp3) is 0.211. The first-order chi connectivity index (χ1) is 13.0. The summed E-state index contributed by atoms with van der Waals surface area (Å²) in [5.41, 5.74) is -0.305. The SMILES string of the molecule is COc1cc2c(=O)n(Cc3ccccc3)c(=O)n(CC(=O)O)c2cc1OC. The molecule has 140 valence electrons. The van der Waals surface area contributed by atoms with Crippen molar-refractivity contribution in [2.24, 2.45) is 0 Å². The molecule has 8 heteroatoms. The summed E-state index contributed by atoms with van der Waals surface area (Å²) in [7, 11) is 2.85. The smallest absolute Gasteiger partial charge is 0.332 e. The van der Waals surface area contributed by atoms with Crippen molar-refractivity contribution >= 4 is 16.9 Å². The van der Waals surface area contributed by atoms with E-state index in [1.165, 1.54) is 26.4 Å². The Hall–Kier alpha value is -3.55. The van der Waals surface area contributed by atoms with Gasteiger partial charge in [0.15, 0.2) is 11.5 Å². The molecule has 1 aromatic heterocycles. The monoisotopic (exact) mass is 370 g/mol. The van der Waals surface area contributed by atoms with Crippen LogP contribution in [0.4, 0.5) is 0 Å². The van der Waals surface area contributed by atoms with E-state index >= 15 is 0 Å². The summed E-state index contributed by atoms with van der Waals surface area (Å²) in [4.78, 5) is 37.1. The van der Waals surface area contributed by atoms with Crippen LogP contribution in [0.25, 0.3) is 10.9 Å². The van der Waals surface area contributed by atoms with Crippen molar-refractivity contribution in [2.45, 2.75) is 13.1 Å². The molecule has 1 N–H and O–H groups in total. The molecule has 0 bridgehead atoms. The van der Waals surface area contributed by atoms with Gasteiger partial charge in [0.25, 0.3) is 5.56 Å². The second kappa shape index (κ2) is 7.36. The normalized spacial score (nSPS) is 10.7. The van der Waals surface area contributed by atoms with Gasteiger partial charge in [-0.15, -0.1) is 0 Å².